The number of hydrogen-bond acceptors (Lipinski definition) is 6. The maximum Gasteiger partial charge on any atom is 0.316 e. The van der Waals surface area contributed by atoms with Crippen LogP contribution in [0.2, 0.25) is 0 Å². The van der Waals surface area contributed by atoms with E-state index in [1.165, 1.54) is 0 Å². The third-order valence-electron chi connectivity index (χ3n) is 5.08. The summed E-state index contributed by atoms with van der Waals surface area (Å²) >= 11 is 0. The normalized spacial score (nSPS) is 15.7. The Morgan fingerprint density at radius 2 is 1.96 bits per heavy atom. The molecule has 3 heterocycles. The Morgan fingerprint density at radius 3 is 2.65 bits per heavy atom. The van der Waals surface area contributed by atoms with E-state index in [9.17, 15) is 4.79 Å². The number of piperazine rings is 1. The lowest BCUT2D eigenvalue weighted by atomic mass is 10.1. The second-order valence-corrected chi connectivity index (χ2v) is 6.66. The van der Waals surface area contributed by atoms with Crippen molar-refractivity contribution in [2.45, 2.75) is 20.8 Å². The van der Waals surface area contributed by atoms with E-state index in [1.807, 2.05) is 32.0 Å². The standard InChI is InChI=1S/C19H22N4O3/c1-4-22-8-10-23(11-9-22)19(24)18-20-17(21-26-18)16-13(3)14-7-5-6-12(2)15(14)25-16/h5-7H,4,8-11H2,1-3H3. The number of aryl methyl sites for hydroxylation is 2. The fourth-order valence-corrected chi connectivity index (χ4v) is 3.40. The molecule has 26 heavy (non-hydrogen) atoms. The second-order valence-electron chi connectivity index (χ2n) is 6.66. The molecule has 7 heteroatoms. The van der Waals surface area contributed by atoms with Gasteiger partial charge in [-0.2, -0.15) is 4.98 Å². The summed E-state index contributed by atoms with van der Waals surface area (Å²) in [6.45, 7) is 10.2. The SMILES string of the molecule is CCN1CCN(C(=O)c2nc(-c3oc4c(C)cccc4c3C)no2)CC1. The van der Waals surface area contributed by atoms with Gasteiger partial charge in [0.2, 0.25) is 5.82 Å². The highest BCUT2D eigenvalue weighted by molar-refractivity contribution is 5.91. The molecule has 1 aliphatic heterocycles. The molecule has 7 nitrogen and oxygen atoms in total. The summed E-state index contributed by atoms with van der Waals surface area (Å²) in [5.41, 5.74) is 2.80. The highest BCUT2D eigenvalue weighted by atomic mass is 16.5. The monoisotopic (exact) mass is 354 g/mol. The molecule has 4 rings (SSSR count). The van der Waals surface area contributed by atoms with Crippen LogP contribution >= 0.6 is 0 Å². The molecule has 3 aromatic rings. The van der Waals surface area contributed by atoms with E-state index < -0.39 is 0 Å². The van der Waals surface area contributed by atoms with Crippen LogP contribution in [0.15, 0.2) is 27.1 Å². The number of para-hydroxylation sites is 1. The fourth-order valence-electron chi connectivity index (χ4n) is 3.40. The lowest BCUT2D eigenvalue weighted by Gasteiger charge is -2.33. The Labute approximate surface area is 151 Å². The average Bonchev–Trinajstić information content (AvgIpc) is 3.27. The van der Waals surface area contributed by atoms with Crippen molar-refractivity contribution in [3.63, 3.8) is 0 Å². The number of carbonyl (C=O) groups is 1. The van der Waals surface area contributed by atoms with Crippen molar-refractivity contribution in [3.05, 3.63) is 35.2 Å². The third kappa shape index (κ3) is 2.78. The topological polar surface area (TPSA) is 75.6 Å². The summed E-state index contributed by atoms with van der Waals surface area (Å²) in [7, 11) is 0. The Morgan fingerprint density at radius 1 is 1.19 bits per heavy atom. The molecule has 0 bridgehead atoms. The number of nitrogens with zero attached hydrogens (tertiary/aromatic N) is 4. The number of hydrogen-bond donors (Lipinski definition) is 0. The van der Waals surface area contributed by atoms with Gasteiger partial charge in [-0.25, -0.2) is 0 Å². The van der Waals surface area contributed by atoms with Crippen molar-refractivity contribution in [2.75, 3.05) is 32.7 Å². The van der Waals surface area contributed by atoms with Crippen LogP contribution in [0.4, 0.5) is 0 Å². The van der Waals surface area contributed by atoms with Crippen molar-refractivity contribution in [1.29, 1.82) is 0 Å². The van der Waals surface area contributed by atoms with Gasteiger partial charge in [-0.1, -0.05) is 30.3 Å². The molecule has 0 atom stereocenters. The van der Waals surface area contributed by atoms with E-state index in [2.05, 4.69) is 22.0 Å². The zero-order valence-corrected chi connectivity index (χ0v) is 15.3. The third-order valence-corrected chi connectivity index (χ3v) is 5.08. The molecule has 1 amide bonds. The average molecular weight is 354 g/mol. The van der Waals surface area contributed by atoms with Crippen molar-refractivity contribution < 1.29 is 13.7 Å². The minimum Gasteiger partial charge on any atom is -0.452 e. The van der Waals surface area contributed by atoms with Gasteiger partial charge in [0.05, 0.1) is 0 Å². The maximum absolute atomic E-state index is 12.6. The van der Waals surface area contributed by atoms with Gasteiger partial charge in [-0.05, 0) is 26.0 Å². The first-order chi connectivity index (χ1) is 12.6. The van der Waals surface area contributed by atoms with Crippen LogP contribution in [-0.2, 0) is 0 Å². The number of rotatable bonds is 3. The van der Waals surface area contributed by atoms with Crippen LogP contribution < -0.4 is 0 Å². The highest BCUT2D eigenvalue weighted by Crippen LogP contribution is 2.33. The van der Waals surface area contributed by atoms with Crippen molar-refractivity contribution in [2.24, 2.45) is 0 Å². The first-order valence-electron chi connectivity index (χ1n) is 8.93. The number of carbonyl (C=O) groups excluding carboxylic acids is 1. The lowest BCUT2D eigenvalue weighted by Crippen LogP contribution is -2.48. The van der Waals surface area contributed by atoms with E-state index in [-0.39, 0.29) is 11.8 Å². The van der Waals surface area contributed by atoms with Crippen molar-refractivity contribution in [1.82, 2.24) is 19.9 Å². The molecular weight excluding hydrogens is 332 g/mol. The van der Waals surface area contributed by atoms with Gasteiger partial charge in [-0.15, -0.1) is 0 Å². The van der Waals surface area contributed by atoms with Gasteiger partial charge >= 0.3 is 11.8 Å². The Balaban J connectivity index is 1.60. The van der Waals surface area contributed by atoms with Crippen LogP contribution in [0.1, 0.15) is 28.7 Å². The number of fused-ring (bicyclic) bond motifs is 1. The minimum atomic E-state index is -0.218. The van der Waals surface area contributed by atoms with Crippen LogP contribution in [-0.4, -0.2) is 58.6 Å². The fraction of sp³-hybridized carbons (Fsp3) is 0.421. The van der Waals surface area contributed by atoms with Crippen LogP contribution in [0, 0.1) is 13.8 Å². The maximum atomic E-state index is 12.6. The highest BCUT2D eigenvalue weighted by Gasteiger charge is 2.27. The Hall–Kier alpha value is -2.67. The van der Waals surface area contributed by atoms with E-state index in [0.29, 0.717) is 24.7 Å². The van der Waals surface area contributed by atoms with Crippen LogP contribution in [0.5, 0.6) is 0 Å². The Bertz CT molecular complexity index is 951. The summed E-state index contributed by atoms with van der Waals surface area (Å²) in [5.74, 6) is 0.660. The largest absolute Gasteiger partial charge is 0.452 e. The first-order valence-corrected chi connectivity index (χ1v) is 8.93. The second kappa shape index (κ2) is 6.57. The molecule has 0 N–H and O–H groups in total. The van der Waals surface area contributed by atoms with Gasteiger partial charge < -0.3 is 18.7 Å². The first kappa shape index (κ1) is 16.8. The molecule has 0 unspecified atom stereocenters. The van der Waals surface area contributed by atoms with E-state index in [1.54, 1.807) is 4.90 Å². The summed E-state index contributed by atoms with van der Waals surface area (Å²) < 4.78 is 11.2. The zero-order valence-electron chi connectivity index (χ0n) is 15.3. The molecule has 1 aromatic carbocycles. The van der Waals surface area contributed by atoms with Gasteiger partial charge in [0.25, 0.3) is 0 Å². The molecule has 1 fully saturated rings. The molecule has 1 saturated heterocycles. The van der Waals surface area contributed by atoms with Gasteiger partial charge in [0.15, 0.2) is 5.76 Å². The summed E-state index contributed by atoms with van der Waals surface area (Å²) in [6, 6.07) is 5.99. The molecule has 0 spiro atoms. The van der Waals surface area contributed by atoms with E-state index in [4.69, 9.17) is 8.94 Å². The molecule has 2 aromatic heterocycles. The number of likely N-dealkylation sites (N-methyl/N-ethyl adjacent to an activating group) is 1. The van der Waals surface area contributed by atoms with E-state index in [0.717, 1.165) is 41.7 Å². The van der Waals surface area contributed by atoms with E-state index >= 15 is 0 Å². The van der Waals surface area contributed by atoms with Gasteiger partial charge in [-0.3, -0.25) is 4.79 Å². The molecule has 136 valence electrons. The molecular formula is C19H22N4O3. The van der Waals surface area contributed by atoms with Crippen molar-refractivity contribution in [3.8, 4) is 11.6 Å². The predicted molar refractivity (Wildman–Crippen MR) is 97.0 cm³/mol. The summed E-state index contributed by atoms with van der Waals surface area (Å²) in [5, 5.41) is 5.00. The van der Waals surface area contributed by atoms with Crippen molar-refractivity contribution >= 4 is 16.9 Å². The molecule has 0 saturated carbocycles. The predicted octanol–water partition coefficient (Wildman–Crippen LogP) is 2.88. The molecule has 1 aliphatic rings. The van der Waals surface area contributed by atoms with Crippen LogP contribution in [0.25, 0.3) is 22.6 Å². The smallest absolute Gasteiger partial charge is 0.316 e. The lowest BCUT2D eigenvalue weighted by molar-refractivity contribution is 0.0595. The quantitative estimate of drug-likeness (QED) is 0.720. The van der Waals surface area contributed by atoms with Crippen LogP contribution in [0.3, 0.4) is 0 Å². The minimum absolute atomic E-state index is 0.0153. The number of furan rings is 1. The number of benzene rings is 1. The molecule has 0 aliphatic carbocycles. The molecule has 0 radical (unpaired) electrons. The van der Waals surface area contributed by atoms with Gasteiger partial charge in [0.1, 0.15) is 5.58 Å². The number of amides is 1. The Kier molecular flexibility index (Phi) is 4.24. The summed E-state index contributed by atoms with van der Waals surface area (Å²) in [4.78, 5) is 21.0. The summed E-state index contributed by atoms with van der Waals surface area (Å²) in [6.07, 6.45) is 0. The number of aromatic nitrogens is 2. The zero-order chi connectivity index (χ0) is 18.3. The van der Waals surface area contributed by atoms with Gasteiger partial charge in [0, 0.05) is 37.1 Å².